The van der Waals surface area contributed by atoms with Gasteiger partial charge in [-0.15, -0.1) is 13.2 Å². The number of carbonyl (C=O) groups excluding carboxylic acids is 1. The lowest BCUT2D eigenvalue weighted by Gasteiger charge is -2.12. The molecule has 1 heterocycles. The molecular formula is C14H13F3N2O2. The summed E-state index contributed by atoms with van der Waals surface area (Å²) in [6.45, 7) is 3.70. The number of hydrogen-bond acceptors (Lipinski definition) is 3. The number of nitrogens with zero attached hydrogens (tertiary/aromatic N) is 2. The molecule has 0 saturated carbocycles. The zero-order chi connectivity index (χ0) is 15.6. The van der Waals surface area contributed by atoms with Gasteiger partial charge in [-0.1, -0.05) is 12.1 Å². The molecule has 0 aliphatic heterocycles. The van der Waals surface area contributed by atoms with Crippen LogP contribution >= 0.6 is 0 Å². The van der Waals surface area contributed by atoms with Crippen molar-refractivity contribution < 1.29 is 22.7 Å². The van der Waals surface area contributed by atoms with E-state index in [9.17, 15) is 18.0 Å². The van der Waals surface area contributed by atoms with E-state index in [1.807, 2.05) is 13.8 Å². The number of alkyl halides is 3. The molecule has 0 bridgehead atoms. The van der Waals surface area contributed by atoms with Gasteiger partial charge in [0.25, 0.3) is 0 Å². The fourth-order valence-electron chi connectivity index (χ4n) is 1.84. The molecular weight excluding hydrogens is 285 g/mol. The van der Waals surface area contributed by atoms with Crippen LogP contribution in [0.2, 0.25) is 0 Å². The molecule has 0 amide bonds. The van der Waals surface area contributed by atoms with Crippen LogP contribution in [0, 0.1) is 0 Å². The van der Waals surface area contributed by atoms with Crippen molar-refractivity contribution in [2.45, 2.75) is 26.3 Å². The Kier molecular flexibility index (Phi) is 4.02. The van der Waals surface area contributed by atoms with Crippen LogP contribution < -0.4 is 4.74 Å². The molecule has 0 fully saturated rings. The van der Waals surface area contributed by atoms with Crippen LogP contribution in [-0.4, -0.2) is 22.4 Å². The van der Waals surface area contributed by atoms with E-state index in [1.54, 1.807) is 6.07 Å². The fraction of sp³-hybridized carbons (Fsp3) is 0.286. The Morgan fingerprint density at radius 3 is 2.52 bits per heavy atom. The summed E-state index contributed by atoms with van der Waals surface area (Å²) in [6.07, 6.45) is -2.75. The molecule has 0 radical (unpaired) electrons. The van der Waals surface area contributed by atoms with Crippen molar-refractivity contribution in [1.82, 2.24) is 9.78 Å². The predicted molar refractivity (Wildman–Crippen MR) is 70.1 cm³/mol. The minimum absolute atomic E-state index is 0.0202. The molecule has 7 heteroatoms. The Morgan fingerprint density at radius 2 is 1.95 bits per heavy atom. The molecule has 0 atom stereocenters. The molecule has 0 N–H and O–H groups in total. The molecule has 0 spiro atoms. The highest BCUT2D eigenvalue weighted by molar-refractivity contribution is 5.87. The second kappa shape index (κ2) is 5.59. The van der Waals surface area contributed by atoms with Crippen LogP contribution in [0.1, 0.15) is 30.2 Å². The van der Waals surface area contributed by atoms with Crippen molar-refractivity contribution in [1.29, 1.82) is 0 Å². The van der Waals surface area contributed by atoms with E-state index in [0.717, 1.165) is 0 Å². The van der Waals surface area contributed by atoms with Gasteiger partial charge < -0.3 is 4.74 Å². The number of carbonyl (C=O) groups is 1. The van der Waals surface area contributed by atoms with Gasteiger partial charge in [0.15, 0.2) is 6.29 Å². The third-order valence-electron chi connectivity index (χ3n) is 2.78. The van der Waals surface area contributed by atoms with Gasteiger partial charge in [-0.3, -0.25) is 9.48 Å². The lowest BCUT2D eigenvalue weighted by molar-refractivity contribution is -0.274. The first-order valence-corrected chi connectivity index (χ1v) is 6.21. The minimum Gasteiger partial charge on any atom is -0.405 e. The monoisotopic (exact) mass is 298 g/mol. The Balaban J connectivity index is 2.54. The third-order valence-corrected chi connectivity index (χ3v) is 2.78. The van der Waals surface area contributed by atoms with E-state index in [-0.39, 0.29) is 28.6 Å². The van der Waals surface area contributed by atoms with Crippen molar-refractivity contribution in [2.75, 3.05) is 0 Å². The summed E-state index contributed by atoms with van der Waals surface area (Å²) in [5.74, 6) is -0.387. The van der Waals surface area contributed by atoms with E-state index < -0.39 is 6.36 Å². The highest BCUT2D eigenvalue weighted by Crippen LogP contribution is 2.34. The van der Waals surface area contributed by atoms with E-state index in [0.29, 0.717) is 6.29 Å². The zero-order valence-corrected chi connectivity index (χ0v) is 11.4. The zero-order valence-electron chi connectivity index (χ0n) is 11.4. The molecule has 2 aromatic rings. The summed E-state index contributed by atoms with van der Waals surface area (Å²) in [4.78, 5) is 11.1. The average Bonchev–Trinajstić information content (AvgIpc) is 2.81. The number of para-hydroxylation sites is 1. The lowest BCUT2D eigenvalue weighted by atomic mass is 10.1. The largest absolute Gasteiger partial charge is 0.573 e. The van der Waals surface area contributed by atoms with Crippen molar-refractivity contribution in [3.8, 4) is 17.0 Å². The van der Waals surface area contributed by atoms with Gasteiger partial charge in [-0.05, 0) is 26.0 Å². The summed E-state index contributed by atoms with van der Waals surface area (Å²) in [5.41, 5.74) is 0.497. The molecule has 2 rings (SSSR count). The van der Waals surface area contributed by atoms with Crippen LogP contribution in [0.25, 0.3) is 11.3 Å². The van der Waals surface area contributed by atoms with E-state index in [2.05, 4.69) is 9.84 Å². The molecule has 4 nitrogen and oxygen atoms in total. The third kappa shape index (κ3) is 3.42. The lowest BCUT2D eigenvalue weighted by Crippen LogP contribution is -2.17. The van der Waals surface area contributed by atoms with Crippen molar-refractivity contribution in [3.05, 3.63) is 36.0 Å². The molecule has 21 heavy (non-hydrogen) atoms. The summed E-state index contributed by atoms with van der Waals surface area (Å²) in [5, 5.41) is 4.18. The predicted octanol–water partition coefficient (Wildman–Crippen LogP) is 3.84. The SMILES string of the molecule is CC(C)n1cc(C=O)c(-c2ccccc2OC(F)(F)F)n1. The van der Waals surface area contributed by atoms with Gasteiger partial charge in [0, 0.05) is 17.8 Å². The molecule has 1 aromatic carbocycles. The van der Waals surface area contributed by atoms with Gasteiger partial charge in [-0.2, -0.15) is 5.10 Å². The topological polar surface area (TPSA) is 44.1 Å². The molecule has 0 saturated heterocycles. The molecule has 1 aromatic heterocycles. The Bertz CT molecular complexity index is 648. The maximum atomic E-state index is 12.4. The van der Waals surface area contributed by atoms with Crippen LogP contribution in [-0.2, 0) is 0 Å². The normalized spacial score (nSPS) is 11.7. The highest BCUT2D eigenvalue weighted by Gasteiger charge is 2.32. The maximum absolute atomic E-state index is 12.4. The Labute approximate surface area is 119 Å². The van der Waals surface area contributed by atoms with Gasteiger partial charge in [-0.25, -0.2) is 0 Å². The van der Waals surface area contributed by atoms with Crippen LogP contribution in [0.4, 0.5) is 13.2 Å². The van der Waals surface area contributed by atoms with Crippen molar-refractivity contribution in [2.24, 2.45) is 0 Å². The minimum atomic E-state index is -4.81. The second-order valence-corrected chi connectivity index (χ2v) is 4.67. The standard InChI is InChI=1S/C14H13F3N2O2/c1-9(2)19-7-10(8-20)13(18-19)11-5-3-4-6-12(11)21-14(15,16)17/h3-9H,1-2H3. The van der Waals surface area contributed by atoms with Crippen LogP contribution in [0.3, 0.4) is 0 Å². The summed E-state index contributed by atoms with van der Waals surface area (Å²) in [6, 6.07) is 5.58. The van der Waals surface area contributed by atoms with Crippen LogP contribution in [0.5, 0.6) is 5.75 Å². The number of hydrogen-bond donors (Lipinski definition) is 0. The van der Waals surface area contributed by atoms with E-state index in [1.165, 1.54) is 29.1 Å². The first-order valence-electron chi connectivity index (χ1n) is 6.21. The molecule has 0 aliphatic carbocycles. The first kappa shape index (κ1) is 15.1. The van der Waals surface area contributed by atoms with E-state index >= 15 is 0 Å². The highest BCUT2D eigenvalue weighted by atomic mass is 19.4. The van der Waals surface area contributed by atoms with Gasteiger partial charge in [0.05, 0.1) is 5.56 Å². The molecule has 0 unspecified atom stereocenters. The van der Waals surface area contributed by atoms with E-state index in [4.69, 9.17) is 0 Å². The maximum Gasteiger partial charge on any atom is 0.573 e. The smallest absolute Gasteiger partial charge is 0.405 e. The second-order valence-electron chi connectivity index (χ2n) is 4.67. The number of aldehydes is 1. The van der Waals surface area contributed by atoms with Gasteiger partial charge >= 0.3 is 6.36 Å². The molecule has 112 valence electrons. The number of rotatable bonds is 4. The van der Waals surface area contributed by atoms with Crippen molar-refractivity contribution in [3.63, 3.8) is 0 Å². The quantitative estimate of drug-likeness (QED) is 0.805. The fourth-order valence-corrected chi connectivity index (χ4v) is 1.84. The summed E-state index contributed by atoms with van der Waals surface area (Å²) in [7, 11) is 0. The first-order chi connectivity index (χ1) is 9.81. The average molecular weight is 298 g/mol. The summed E-state index contributed by atoms with van der Waals surface area (Å²) < 4.78 is 42.8. The number of halogens is 3. The number of ether oxygens (including phenoxy) is 1. The number of benzene rings is 1. The number of aromatic nitrogens is 2. The summed E-state index contributed by atoms with van der Waals surface area (Å²) >= 11 is 0. The molecule has 0 aliphatic rings. The van der Waals surface area contributed by atoms with Gasteiger partial charge in [0.2, 0.25) is 0 Å². The van der Waals surface area contributed by atoms with Crippen molar-refractivity contribution >= 4 is 6.29 Å². The van der Waals surface area contributed by atoms with Crippen LogP contribution in [0.15, 0.2) is 30.5 Å². The van der Waals surface area contributed by atoms with Gasteiger partial charge in [0.1, 0.15) is 11.4 Å². The Morgan fingerprint density at radius 1 is 1.29 bits per heavy atom. The Hall–Kier alpha value is -2.31.